The summed E-state index contributed by atoms with van der Waals surface area (Å²) in [6.07, 6.45) is -5.44. The van der Waals surface area contributed by atoms with Crippen LogP contribution in [0.25, 0.3) is 5.69 Å². The maximum absolute atomic E-state index is 14.4. The van der Waals surface area contributed by atoms with Crippen LogP contribution in [0.2, 0.25) is 0 Å². The summed E-state index contributed by atoms with van der Waals surface area (Å²) in [6, 6.07) is 4.91. The zero-order valence-corrected chi connectivity index (χ0v) is 16.9. The third kappa shape index (κ3) is 4.05. The Balaban J connectivity index is 0.00000341. The molecule has 0 aliphatic rings. The number of hydrogen-bond acceptors (Lipinski definition) is 4. The minimum absolute atomic E-state index is 0. The van der Waals surface area contributed by atoms with Gasteiger partial charge in [-0.1, -0.05) is 18.2 Å². The van der Waals surface area contributed by atoms with E-state index in [9.17, 15) is 36.2 Å². The number of pyridine rings is 1. The topological polar surface area (TPSA) is 68.0 Å². The van der Waals surface area contributed by atoms with Crippen LogP contribution in [0, 0.1) is 38.4 Å². The van der Waals surface area contributed by atoms with Crippen molar-refractivity contribution in [1.82, 2.24) is 14.8 Å². The number of nitrogens with zero attached hydrogens (tertiary/aromatic N) is 3. The van der Waals surface area contributed by atoms with Gasteiger partial charge in [-0.3, -0.25) is 4.79 Å². The van der Waals surface area contributed by atoms with Crippen LogP contribution in [0.1, 0.15) is 38.4 Å². The molecule has 1 radical (unpaired) electrons. The van der Waals surface area contributed by atoms with E-state index in [1.807, 2.05) is 0 Å². The van der Waals surface area contributed by atoms with Crippen molar-refractivity contribution in [3.05, 3.63) is 69.4 Å². The molecule has 0 amide bonds. The molecule has 12 heteroatoms. The van der Waals surface area contributed by atoms with Gasteiger partial charge < -0.3 is 5.11 Å². The maximum atomic E-state index is 14.4. The Morgan fingerprint density at radius 1 is 1.00 bits per heavy atom. The number of ketones is 1. The number of rotatable bonds is 3. The van der Waals surface area contributed by atoms with Gasteiger partial charge in [0.05, 0.1) is 5.69 Å². The zero-order chi connectivity index (χ0) is 22.5. The summed E-state index contributed by atoms with van der Waals surface area (Å²) in [4.78, 5) is 15.2. The van der Waals surface area contributed by atoms with E-state index in [1.54, 1.807) is 32.0 Å². The van der Waals surface area contributed by atoms with Crippen molar-refractivity contribution >= 4 is 5.78 Å². The van der Waals surface area contributed by atoms with Crippen LogP contribution in [-0.2, 0) is 23.2 Å². The van der Waals surface area contributed by atoms with Gasteiger partial charge in [-0.25, -0.2) is 9.37 Å². The fraction of sp³-hybridized carbons (Fsp3) is 0.211. The van der Waals surface area contributed by atoms with Gasteiger partial charge in [-0.2, -0.15) is 31.7 Å². The van der Waals surface area contributed by atoms with Crippen LogP contribution in [0.3, 0.4) is 0 Å². The first-order chi connectivity index (χ1) is 13.9. The van der Waals surface area contributed by atoms with E-state index in [-0.39, 0.29) is 33.0 Å². The Labute approximate surface area is 182 Å². The molecule has 0 aliphatic heterocycles. The first kappa shape index (κ1) is 24.4. The molecule has 169 valence electrons. The second-order valence-electron chi connectivity index (χ2n) is 6.52. The summed E-state index contributed by atoms with van der Waals surface area (Å²) in [7, 11) is 0. The largest absolute Gasteiger partial charge is 0.493 e. The van der Waals surface area contributed by atoms with Crippen LogP contribution in [-0.4, -0.2) is 25.7 Å². The monoisotopic (exact) mass is 492 g/mol. The molecular formula is C19H13CuF6N3O2. The fourth-order valence-electron chi connectivity index (χ4n) is 3.11. The third-order valence-electron chi connectivity index (χ3n) is 4.47. The first-order valence-electron chi connectivity index (χ1n) is 8.37. The second-order valence-corrected chi connectivity index (χ2v) is 6.52. The average molecular weight is 493 g/mol. The summed E-state index contributed by atoms with van der Waals surface area (Å²) < 4.78 is 81.1. The Hall–Kier alpha value is -2.85. The molecule has 0 bridgehead atoms. The van der Waals surface area contributed by atoms with Crippen molar-refractivity contribution in [1.29, 1.82) is 0 Å². The van der Waals surface area contributed by atoms with Crippen molar-refractivity contribution in [2.75, 3.05) is 0 Å². The number of carbonyl (C=O) groups is 1. The Morgan fingerprint density at radius 3 is 2.06 bits per heavy atom. The maximum Gasteiger partial charge on any atom is 0.436 e. The molecule has 0 saturated heterocycles. The second kappa shape index (κ2) is 8.35. The van der Waals surface area contributed by atoms with Crippen molar-refractivity contribution in [3.63, 3.8) is 0 Å². The minimum atomic E-state index is -5.44. The van der Waals surface area contributed by atoms with Crippen LogP contribution < -0.4 is 0 Å². The summed E-state index contributed by atoms with van der Waals surface area (Å²) in [5.41, 5.74) is -3.46. The number of benzene rings is 1. The molecule has 0 aliphatic carbocycles. The van der Waals surface area contributed by atoms with Gasteiger partial charge in [-0.05, 0) is 31.9 Å². The van der Waals surface area contributed by atoms with Gasteiger partial charge in [0, 0.05) is 22.6 Å². The molecule has 0 saturated carbocycles. The van der Waals surface area contributed by atoms with Gasteiger partial charge in [-0.15, -0.1) is 0 Å². The van der Waals surface area contributed by atoms with Crippen LogP contribution in [0.5, 0.6) is 5.88 Å². The fourth-order valence-corrected chi connectivity index (χ4v) is 3.11. The molecule has 2 aromatic heterocycles. The van der Waals surface area contributed by atoms with Crippen LogP contribution in [0.4, 0.5) is 26.3 Å². The van der Waals surface area contributed by atoms with Crippen LogP contribution >= 0.6 is 0 Å². The SMILES string of the molecule is Cc1cccc(C)c1C(=O)c1c(C)nn(-c2c(F)c(F)nc(C(F)(F)F)c2F)c1O.[Cu]. The number of carbonyl (C=O) groups excluding carboxylic acids is 1. The van der Waals surface area contributed by atoms with Gasteiger partial charge in [0.25, 0.3) is 5.95 Å². The molecule has 0 spiro atoms. The minimum Gasteiger partial charge on any atom is -0.493 e. The predicted molar refractivity (Wildman–Crippen MR) is 92.0 cm³/mol. The number of aryl methyl sites for hydroxylation is 3. The molecule has 2 heterocycles. The van der Waals surface area contributed by atoms with Crippen molar-refractivity contribution in [3.8, 4) is 11.6 Å². The Kier molecular flexibility index (Phi) is 6.58. The zero-order valence-electron chi connectivity index (χ0n) is 16.0. The predicted octanol–water partition coefficient (Wildman–Crippen LogP) is 4.56. The summed E-state index contributed by atoms with van der Waals surface area (Å²) >= 11 is 0. The Morgan fingerprint density at radius 2 is 1.55 bits per heavy atom. The van der Waals surface area contributed by atoms with E-state index >= 15 is 0 Å². The number of hydrogen-bond donors (Lipinski definition) is 1. The first-order valence-corrected chi connectivity index (χ1v) is 8.37. The molecule has 0 fully saturated rings. The molecule has 0 atom stereocenters. The van der Waals surface area contributed by atoms with E-state index in [2.05, 4.69) is 10.1 Å². The molecule has 5 nitrogen and oxygen atoms in total. The van der Waals surface area contributed by atoms with E-state index in [4.69, 9.17) is 0 Å². The normalized spacial score (nSPS) is 11.4. The van der Waals surface area contributed by atoms with Crippen molar-refractivity contribution in [2.45, 2.75) is 26.9 Å². The van der Waals surface area contributed by atoms with E-state index in [1.165, 1.54) is 6.92 Å². The summed E-state index contributed by atoms with van der Waals surface area (Å²) in [5.74, 6) is -8.54. The van der Waals surface area contributed by atoms with E-state index in [0.29, 0.717) is 11.1 Å². The molecule has 3 rings (SSSR count). The van der Waals surface area contributed by atoms with E-state index in [0.717, 1.165) is 0 Å². The van der Waals surface area contributed by atoms with Crippen LogP contribution in [0.15, 0.2) is 18.2 Å². The number of halogens is 6. The summed E-state index contributed by atoms with van der Waals surface area (Å²) in [6.45, 7) is 4.43. The third-order valence-corrected chi connectivity index (χ3v) is 4.47. The molecular weight excluding hydrogens is 480 g/mol. The molecule has 1 aromatic carbocycles. The summed E-state index contributed by atoms with van der Waals surface area (Å²) in [5, 5.41) is 14.0. The number of aromatic hydroxyl groups is 1. The number of alkyl halides is 3. The van der Waals surface area contributed by atoms with E-state index < -0.39 is 52.4 Å². The number of aromatic nitrogens is 3. The van der Waals surface area contributed by atoms with Gasteiger partial charge in [0.2, 0.25) is 17.5 Å². The standard InChI is InChI=1S/C19H13F6N3O2.Cu/c1-7-5-4-6-8(2)10(7)15(29)11-9(3)27-28(18(11)30)14-12(20)16(19(23,24)25)26-17(22)13(14)21;/h4-6,30H,1-3H3;. The average Bonchev–Trinajstić information content (AvgIpc) is 2.91. The van der Waals surface area contributed by atoms with Crippen molar-refractivity contribution in [2.24, 2.45) is 0 Å². The molecule has 1 N–H and O–H groups in total. The van der Waals surface area contributed by atoms with Gasteiger partial charge in [0.15, 0.2) is 11.5 Å². The quantitative estimate of drug-likeness (QED) is 0.252. The molecule has 3 aromatic rings. The Bertz CT molecular complexity index is 1170. The van der Waals surface area contributed by atoms with Gasteiger partial charge in [0.1, 0.15) is 11.3 Å². The molecule has 0 unspecified atom stereocenters. The van der Waals surface area contributed by atoms with Crippen molar-refractivity contribution < 1.29 is 53.3 Å². The smallest absolute Gasteiger partial charge is 0.436 e. The van der Waals surface area contributed by atoms with Gasteiger partial charge >= 0.3 is 6.18 Å². The molecule has 31 heavy (non-hydrogen) atoms.